The minimum atomic E-state index is 1.01. The fraction of sp³-hybridized carbons (Fsp3) is 0.500. The van der Waals surface area contributed by atoms with Gasteiger partial charge >= 0.3 is 0 Å². The first-order valence-corrected chi connectivity index (χ1v) is 3.86. The van der Waals surface area contributed by atoms with Gasteiger partial charge in [0.05, 0.1) is 6.07 Å². The van der Waals surface area contributed by atoms with E-state index in [0.29, 0.717) is 0 Å². The van der Waals surface area contributed by atoms with Gasteiger partial charge in [0, 0.05) is 6.08 Å². The van der Waals surface area contributed by atoms with Crippen molar-refractivity contribution in [2.75, 3.05) is 0 Å². The van der Waals surface area contributed by atoms with Crippen LogP contribution in [-0.2, 0) is 0 Å². The van der Waals surface area contributed by atoms with Crippen LogP contribution in [-0.4, -0.2) is 0 Å². The summed E-state index contributed by atoms with van der Waals surface area (Å²) in [6, 6.07) is 2.02. The molecule has 0 bridgehead atoms. The molecular formula is C10H15N. The molecule has 0 amide bonds. The molecule has 0 aromatic rings. The number of nitriles is 1. The lowest BCUT2D eigenvalue weighted by Gasteiger charge is -1.98. The molecule has 0 aromatic heterocycles. The highest BCUT2D eigenvalue weighted by Crippen LogP contribution is 2.09. The van der Waals surface area contributed by atoms with Crippen molar-refractivity contribution in [2.45, 2.75) is 33.1 Å². The maximum absolute atomic E-state index is 8.30. The number of allylic oxidation sites excluding steroid dienone is 3. The van der Waals surface area contributed by atoms with E-state index in [0.717, 1.165) is 24.8 Å². The van der Waals surface area contributed by atoms with Crippen molar-refractivity contribution < 1.29 is 0 Å². The second-order valence-electron chi connectivity index (χ2n) is 2.93. The van der Waals surface area contributed by atoms with Crippen LogP contribution in [0.5, 0.6) is 0 Å². The molecule has 0 heterocycles. The van der Waals surface area contributed by atoms with Crippen LogP contribution in [0.3, 0.4) is 0 Å². The molecule has 0 aromatic carbocycles. The predicted molar refractivity (Wildman–Crippen MR) is 48.0 cm³/mol. The normalized spacial score (nSPS) is 10.8. The zero-order valence-electron chi connectivity index (χ0n) is 7.35. The molecule has 1 heteroatoms. The van der Waals surface area contributed by atoms with Crippen molar-refractivity contribution >= 4 is 0 Å². The lowest BCUT2D eigenvalue weighted by molar-refractivity contribution is 0.806. The van der Waals surface area contributed by atoms with Gasteiger partial charge in [-0.05, 0) is 33.1 Å². The summed E-state index contributed by atoms with van der Waals surface area (Å²) in [4.78, 5) is 0. The van der Waals surface area contributed by atoms with Gasteiger partial charge in [-0.1, -0.05) is 11.1 Å². The second kappa shape index (κ2) is 5.73. The first kappa shape index (κ1) is 9.97. The van der Waals surface area contributed by atoms with Gasteiger partial charge in [-0.15, -0.1) is 6.58 Å². The molecule has 0 unspecified atom stereocenters. The third-order valence-electron chi connectivity index (χ3n) is 1.49. The Labute approximate surface area is 69.0 Å². The molecule has 0 aliphatic heterocycles. The van der Waals surface area contributed by atoms with E-state index in [9.17, 15) is 0 Å². The number of rotatable bonds is 4. The molecular weight excluding hydrogens is 134 g/mol. The predicted octanol–water partition coefficient (Wildman–Crippen LogP) is 3.20. The summed E-state index contributed by atoms with van der Waals surface area (Å²) in [5.41, 5.74) is 2.38. The summed E-state index contributed by atoms with van der Waals surface area (Å²) >= 11 is 0. The van der Waals surface area contributed by atoms with Crippen LogP contribution in [0.4, 0.5) is 0 Å². The van der Waals surface area contributed by atoms with Crippen molar-refractivity contribution in [1.29, 1.82) is 5.26 Å². The number of hydrogen-bond donors (Lipinski definition) is 0. The van der Waals surface area contributed by atoms with E-state index >= 15 is 0 Å². The van der Waals surface area contributed by atoms with Gasteiger partial charge in [0.15, 0.2) is 0 Å². The molecule has 60 valence electrons. The molecule has 11 heavy (non-hydrogen) atoms. The first-order valence-electron chi connectivity index (χ1n) is 3.86. The summed E-state index contributed by atoms with van der Waals surface area (Å²) in [5.74, 6) is 0. The molecule has 0 saturated heterocycles. The van der Waals surface area contributed by atoms with Gasteiger partial charge in [0.25, 0.3) is 0 Å². The molecule has 0 N–H and O–H groups in total. The van der Waals surface area contributed by atoms with Crippen LogP contribution >= 0.6 is 0 Å². The second-order valence-corrected chi connectivity index (χ2v) is 2.93. The molecule has 0 fully saturated rings. The highest BCUT2D eigenvalue weighted by atomic mass is 14.2. The topological polar surface area (TPSA) is 23.8 Å². The molecule has 1 nitrogen and oxygen atoms in total. The maximum Gasteiger partial charge on any atom is 0.0911 e. The summed E-state index contributed by atoms with van der Waals surface area (Å²) in [6.07, 6.45) is 4.80. The van der Waals surface area contributed by atoms with Crippen molar-refractivity contribution in [3.63, 3.8) is 0 Å². The van der Waals surface area contributed by atoms with E-state index in [-0.39, 0.29) is 0 Å². The summed E-state index contributed by atoms with van der Waals surface area (Å²) in [6.45, 7) is 7.83. The fourth-order valence-corrected chi connectivity index (χ4v) is 0.851. The summed E-state index contributed by atoms with van der Waals surface area (Å²) in [7, 11) is 0. The van der Waals surface area contributed by atoms with E-state index < -0.39 is 0 Å². The van der Waals surface area contributed by atoms with E-state index in [4.69, 9.17) is 5.26 Å². The smallest absolute Gasteiger partial charge is 0.0911 e. The first-order chi connectivity index (χ1) is 5.16. The number of nitrogens with zero attached hydrogens (tertiary/aromatic N) is 1. The van der Waals surface area contributed by atoms with Crippen molar-refractivity contribution in [3.05, 3.63) is 23.8 Å². The minimum Gasteiger partial charge on any atom is -0.193 e. The molecule has 0 spiro atoms. The molecule has 0 radical (unpaired) electrons. The van der Waals surface area contributed by atoms with Gasteiger partial charge in [0.2, 0.25) is 0 Å². The zero-order chi connectivity index (χ0) is 8.69. The lowest BCUT2D eigenvalue weighted by atomic mass is 10.1. The van der Waals surface area contributed by atoms with Gasteiger partial charge in [-0.3, -0.25) is 0 Å². The number of hydrogen-bond acceptors (Lipinski definition) is 1. The van der Waals surface area contributed by atoms with Crippen molar-refractivity contribution in [3.8, 4) is 6.07 Å². The van der Waals surface area contributed by atoms with Crippen LogP contribution in [0.1, 0.15) is 33.1 Å². The van der Waals surface area contributed by atoms with Crippen LogP contribution in [0.25, 0.3) is 0 Å². The lowest BCUT2D eigenvalue weighted by Crippen LogP contribution is -1.79. The van der Waals surface area contributed by atoms with Crippen molar-refractivity contribution in [1.82, 2.24) is 0 Å². The average molecular weight is 149 g/mol. The highest BCUT2D eigenvalue weighted by molar-refractivity contribution is 5.11. The molecule has 0 atom stereocenters. The van der Waals surface area contributed by atoms with E-state index in [1.165, 1.54) is 5.57 Å². The van der Waals surface area contributed by atoms with Gasteiger partial charge in [-0.25, -0.2) is 0 Å². The molecule has 0 aliphatic rings. The quantitative estimate of drug-likeness (QED) is 0.445. The Kier molecular flexibility index (Phi) is 5.20. The standard InChI is InChI=1S/C10H15N/c1-9(2)5-4-6-10(3)7-8-11/h7H,1,4-6H2,2-3H3/b10-7-. The Hall–Kier alpha value is -1.03. The largest absolute Gasteiger partial charge is 0.193 e. The van der Waals surface area contributed by atoms with Gasteiger partial charge in [-0.2, -0.15) is 5.26 Å². The van der Waals surface area contributed by atoms with E-state index in [2.05, 4.69) is 6.58 Å². The monoisotopic (exact) mass is 149 g/mol. The van der Waals surface area contributed by atoms with Gasteiger partial charge in [0.1, 0.15) is 0 Å². The molecule has 0 aliphatic carbocycles. The highest BCUT2D eigenvalue weighted by Gasteiger charge is 1.90. The van der Waals surface area contributed by atoms with E-state index in [1.807, 2.05) is 19.9 Å². The van der Waals surface area contributed by atoms with Gasteiger partial charge < -0.3 is 0 Å². The van der Waals surface area contributed by atoms with Crippen LogP contribution in [0, 0.1) is 11.3 Å². The van der Waals surface area contributed by atoms with Crippen LogP contribution < -0.4 is 0 Å². The Bertz CT molecular complexity index is 193. The van der Waals surface area contributed by atoms with Crippen LogP contribution in [0.2, 0.25) is 0 Å². The Morgan fingerprint density at radius 3 is 2.55 bits per heavy atom. The molecule has 0 saturated carbocycles. The maximum atomic E-state index is 8.30. The Balaban J connectivity index is 3.48. The average Bonchev–Trinajstić information content (AvgIpc) is 1.87. The Morgan fingerprint density at radius 2 is 2.09 bits per heavy atom. The summed E-state index contributed by atoms with van der Waals surface area (Å²) in [5, 5.41) is 8.30. The summed E-state index contributed by atoms with van der Waals surface area (Å²) < 4.78 is 0. The third kappa shape index (κ3) is 6.86. The minimum absolute atomic E-state index is 1.01. The Morgan fingerprint density at radius 1 is 1.45 bits per heavy atom. The molecule has 0 rings (SSSR count). The third-order valence-corrected chi connectivity index (χ3v) is 1.49. The fourth-order valence-electron chi connectivity index (χ4n) is 0.851. The van der Waals surface area contributed by atoms with Crippen molar-refractivity contribution in [2.24, 2.45) is 0 Å². The van der Waals surface area contributed by atoms with E-state index in [1.54, 1.807) is 6.08 Å². The SMILES string of the molecule is C=C(C)CCC/C(C)=C\C#N. The van der Waals surface area contributed by atoms with Crippen LogP contribution in [0.15, 0.2) is 23.8 Å². The zero-order valence-corrected chi connectivity index (χ0v) is 7.35.